The Bertz CT molecular complexity index is 767. The van der Waals surface area contributed by atoms with Crippen molar-refractivity contribution in [1.82, 2.24) is 14.7 Å². The lowest BCUT2D eigenvalue weighted by Crippen LogP contribution is -2.56. The molecule has 6 heteroatoms. The minimum Gasteiger partial charge on any atom is -0.377 e. The van der Waals surface area contributed by atoms with Crippen molar-refractivity contribution in [3.63, 3.8) is 0 Å². The number of aromatic nitrogens is 2. The Labute approximate surface area is 128 Å². The first-order chi connectivity index (χ1) is 10.5. The second kappa shape index (κ2) is 5.53. The Morgan fingerprint density at radius 1 is 1.36 bits per heavy atom. The molecule has 0 atom stereocenters. The number of carbonyl (C=O) groups excluding carboxylic acids is 1. The van der Waals surface area contributed by atoms with Crippen molar-refractivity contribution in [2.75, 3.05) is 19.8 Å². The van der Waals surface area contributed by atoms with E-state index < -0.39 is 0 Å². The lowest BCUT2D eigenvalue weighted by molar-refractivity contribution is -0.147. The number of hydrogen-bond donors (Lipinski definition) is 0. The van der Waals surface area contributed by atoms with Crippen LogP contribution in [0.25, 0.3) is 10.8 Å². The van der Waals surface area contributed by atoms with Gasteiger partial charge in [-0.15, -0.1) is 0 Å². The molecule has 22 heavy (non-hydrogen) atoms. The molecule has 0 unspecified atom stereocenters. The second-order valence-electron chi connectivity index (χ2n) is 6.11. The lowest BCUT2D eigenvalue weighted by atomic mass is 10.0. The topological polar surface area (TPSA) is 64.4 Å². The molecule has 3 rings (SSSR count). The van der Waals surface area contributed by atoms with Crippen LogP contribution in [0.3, 0.4) is 0 Å². The van der Waals surface area contributed by atoms with Crippen LogP contribution in [-0.4, -0.2) is 45.9 Å². The van der Waals surface area contributed by atoms with E-state index in [-0.39, 0.29) is 23.6 Å². The molecule has 2 heterocycles. The van der Waals surface area contributed by atoms with E-state index in [1.165, 1.54) is 4.68 Å². The van der Waals surface area contributed by atoms with Crippen molar-refractivity contribution in [2.45, 2.75) is 25.9 Å². The zero-order valence-corrected chi connectivity index (χ0v) is 12.8. The van der Waals surface area contributed by atoms with Crippen LogP contribution in [0.2, 0.25) is 0 Å². The summed E-state index contributed by atoms with van der Waals surface area (Å²) in [5.41, 5.74) is -0.604. The van der Waals surface area contributed by atoms with Gasteiger partial charge in [-0.25, -0.2) is 4.68 Å². The Hall–Kier alpha value is -2.21. The monoisotopic (exact) mass is 301 g/mol. The van der Waals surface area contributed by atoms with E-state index in [4.69, 9.17) is 4.74 Å². The fourth-order valence-corrected chi connectivity index (χ4v) is 2.77. The van der Waals surface area contributed by atoms with Gasteiger partial charge in [0, 0.05) is 11.9 Å². The second-order valence-corrected chi connectivity index (χ2v) is 6.11. The quantitative estimate of drug-likeness (QED) is 0.831. The van der Waals surface area contributed by atoms with Gasteiger partial charge in [0.05, 0.1) is 30.3 Å². The molecule has 1 aliphatic heterocycles. The van der Waals surface area contributed by atoms with E-state index in [2.05, 4.69) is 5.10 Å². The van der Waals surface area contributed by atoms with Gasteiger partial charge in [0.1, 0.15) is 6.54 Å². The highest BCUT2D eigenvalue weighted by Crippen LogP contribution is 2.19. The van der Waals surface area contributed by atoms with Gasteiger partial charge in [-0.2, -0.15) is 5.10 Å². The molecule has 2 aromatic rings. The molecule has 0 spiro atoms. The maximum absolute atomic E-state index is 12.5. The predicted molar refractivity (Wildman–Crippen MR) is 82.6 cm³/mol. The Morgan fingerprint density at radius 2 is 2.14 bits per heavy atom. The van der Waals surface area contributed by atoms with Crippen LogP contribution in [0.4, 0.5) is 0 Å². The smallest absolute Gasteiger partial charge is 0.275 e. The van der Waals surface area contributed by atoms with Gasteiger partial charge in [-0.05, 0) is 19.9 Å². The number of ether oxygens (including phenoxy) is 1. The van der Waals surface area contributed by atoms with Crippen molar-refractivity contribution < 1.29 is 9.53 Å². The molecule has 116 valence electrons. The average Bonchev–Trinajstić information content (AvgIpc) is 2.50. The van der Waals surface area contributed by atoms with Gasteiger partial charge < -0.3 is 9.64 Å². The van der Waals surface area contributed by atoms with Crippen molar-refractivity contribution >= 4 is 16.7 Å². The summed E-state index contributed by atoms with van der Waals surface area (Å²) in [7, 11) is 0. The first-order valence-corrected chi connectivity index (χ1v) is 7.32. The van der Waals surface area contributed by atoms with Crippen molar-refractivity contribution in [3.05, 3.63) is 40.8 Å². The summed E-state index contributed by atoms with van der Waals surface area (Å²) >= 11 is 0. The molecule has 0 aliphatic carbocycles. The largest absolute Gasteiger partial charge is 0.377 e. The van der Waals surface area contributed by atoms with Gasteiger partial charge in [0.25, 0.3) is 5.56 Å². The Balaban J connectivity index is 1.88. The molecule has 1 aromatic carbocycles. The third kappa shape index (κ3) is 2.62. The number of benzene rings is 1. The molecule has 1 aromatic heterocycles. The summed E-state index contributed by atoms with van der Waals surface area (Å²) in [6.45, 7) is 5.43. The van der Waals surface area contributed by atoms with Gasteiger partial charge >= 0.3 is 0 Å². The predicted octanol–water partition coefficient (Wildman–Crippen LogP) is 1.03. The van der Waals surface area contributed by atoms with Crippen LogP contribution in [0.15, 0.2) is 35.3 Å². The number of amides is 1. The van der Waals surface area contributed by atoms with E-state index >= 15 is 0 Å². The number of hydrogen-bond acceptors (Lipinski definition) is 4. The molecule has 1 saturated heterocycles. The van der Waals surface area contributed by atoms with Crippen LogP contribution in [0, 0.1) is 0 Å². The summed E-state index contributed by atoms with van der Waals surface area (Å²) in [6.07, 6.45) is 1.62. The van der Waals surface area contributed by atoms with Crippen LogP contribution < -0.4 is 5.56 Å². The third-order valence-electron chi connectivity index (χ3n) is 3.99. The molecule has 1 aliphatic rings. The number of rotatable bonds is 2. The lowest BCUT2D eigenvalue weighted by Gasteiger charge is -2.42. The maximum Gasteiger partial charge on any atom is 0.275 e. The zero-order valence-electron chi connectivity index (χ0n) is 12.8. The van der Waals surface area contributed by atoms with Crippen molar-refractivity contribution in [1.29, 1.82) is 0 Å². The van der Waals surface area contributed by atoms with Gasteiger partial charge in [-0.3, -0.25) is 9.59 Å². The molecular formula is C16H19N3O3. The fraction of sp³-hybridized carbons (Fsp3) is 0.438. The number of carbonyl (C=O) groups is 1. The van der Waals surface area contributed by atoms with Gasteiger partial charge in [-0.1, -0.05) is 18.2 Å². The zero-order chi connectivity index (χ0) is 15.7. The normalized spacial score (nSPS) is 17.6. The Morgan fingerprint density at radius 3 is 2.91 bits per heavy atom. The first kappa shape index (κ1) is 14.7. The molecule has 0 N–H and O–H groups in total. The van der Waals surface area contributed by atoms with Gasteiger partial charge in [0.2, 0.25) is 5.91 Å². The average molecular weight is 301 g/mol. The highest BCUT2D eigenvalue weighted by atomic mass is 16.5. The maximum atomic E-state index is 12.5. The SMILES string of the molecule is CC1(C)COCCN1C(=O)Cn1ncc2ccccc2c1=O. The van der Waals surface area contributed by atoms with Crippen molar-refractivity contribution in [3.8, 4) is 0 Å². The third-order valence-corrected chi connectivity index (χ3v) is 3.99. The molecule has 0 bridgehead atoms. The van der Waals surface area contributed by atoms with Crippen LogP contribution in [0.1, 0.15) is 13.8 Å². The number of nitrogens with zero attached hydrogens (tertiary/aromatic N) is 3. The summed E-state index contributed by atoms with van der Waals surface area (Å²) in [4.78, 5) is 26.7. The molecule has 6 nitrogen and oxygen atoms in total. The molecule has 1 fully saturated rings. The number of fused-ring (bicyclic) bond motifs is 1. The van der Waals surface area contributed by atoms with E-state index in [0.29, 0.717) is 25.1 Å². The van der Waals surface area contributed by atoms with E-state index in [1.807, 2.05) is 26.0 Å². The molecule has 0 radical (unpaired) electrons. The van der Waals surface area contributed by atoms with Crippen LogP contribution >= 0.6 is 0 Å². The molecule has 1 amide bonds. The van der Waals surface area contributed by atoms with Crippen LogP contribution in [-0.2, 0) is 16.1 Å². The number of morpholine rings is 1. The molecular weight excluding hydrogens is 282 g/mol. The van der Waals surface area contributed by atoms with E-state index in [0.717, 1.165) is 5.39 Å². The summed E-state index contributed by atoms with van der Waals surface area (Å²) < 4.78 is 6.65. The Kier molecular flexibility index (Phi) is 3.70. The first-order valence-electron chi connectivity index (χ1n) is 7.32. The standard InChI is InChI=1S/C16H19N3O3/c1-16(2)11-22-8-7-18(16)14(20)10-19-15(21)13-6-4-3-5-12(13)9-17-19/h3-6,9H,7-8,10-11H2,1-2H3. The van der Waals surface area contributed by atoms with E-state index in [1.54, 1.807) is 23.2 Å². The highest BCUT2D eigenvalue weighted by Gasteiger charge is 2.34. The summed E-state index contributed by atoms with van der Waals surface area (Å²) in [6, 6.07) is 7.25. The van der Waals surface area contributed by atoms with Crippen molar-refractivity contribution in [2.24, 2.45) is 0 Å². The van der Waals surface area contributed by atoms with Gasteiger partial charge in [0.15, 0.2) is 0 Å². The van der Waals surface area contributed by atoms with Crippen LogP contribution in [0.5, 0.6) is 0 Å². The fourth-order valence-electron chi connectivity index (χ4n) is 2.77. The summed E-state index contributed by atoms with van der Waals surface area (Å²) in [5, 5.41) is 5.47. The summed E-state index contributed by atoms with van der Waals surface area (Å²) in [5.74, 6) is -0.113. The minimum absolute atomic E-state index is 0.0485. The van der Waals surface area contributed by atoms with E-state index in [9.17, 15) is 9.59 Å². The highest BCUT2D eigenvalue weighted by molar-refractivity contribution is 5.81. The minimum atomic E-state index is -0.365. The molecule has 0 saturated carbocycles.